The van der Waals surface area contributed by atoms with Gasteiger partial charge in [-0.3, -0.25) is 0 Å². The third-order valence-corrected chi connectivity index (χ3v) is 5.29. The SMILES string of the molecule is COc1cc(/C(C)=N\NS(=O)(=O)c2ccc(Br)cc2)cc(OC)c1OC. The predicted octanol–water partition coefficient (Wildman–Crippen LogP) is 3.18. The average molecular weight is 443 g/mol. The van der Waals surface area contributed by atoms with Gasteiger partial charge in [-0.2, -0.15) is 18.4 Å². The van der Waals surface area contributed by atoms with Crippen molar-refractivity contribution in [2.24, 2.45) is 5.10 Å². The molecular weight excluding hydrogens is 424 g/mol. The molecule has 0 heterocycles. The predicted molar refractivity (Wildman–Crippen MR) is 103 cm³/mol. The van der Waals surface area contributed by atoms with Crippen LogP contribution in [0.2, 0.25) is 0 Å². The molecule has 1 N–H and O–H groups in total. The molecular formula is C17H19BrN2O5S. The summed E-state index contributed by atoms with van der Waals surface area (Å²) in [5.41, 5.74) is 1.06. The van der Waals surface area contributed by atoms with Crippen LogP contribution in [0.5, 0.6) is 17.2 Å². The van der Waals surface area contributed by atoms with Crippen LogP contribution >= 0.6 is 15.9 Å². The molecule has 0 unspecified atom stereocenters. The Morgan fingerprint density at radius 1 is 1.00 bits per heavy atom. The summed E-state index contributed by atoms with van der Waals surface area (Å²) in [6.07, 6.45) is 0. The fraction of sp³-hybridized carbons (Fsp3) is 0.235. The lowest BCUT2D eigenvalue weighted by Crippen LogP contribution is -2.20. The first-order valence-electron chi connectivity index (χ1n) is 7.44. The van der Waals surface area contributed by atoms with Gasteiger partial charge in [0.1, 0.15) is 0 Å². The van der Waals surface area contributed by atoms with Gasteiger partial charge in [0, 0.05) is 10.0 Å². The molecule has 140 valence electrons. The van der Waals surface area contributed by atoms with Crippen LogP contribution in [-0.2, 0) is 10.0 Å². The summed E-state index contributed by atoms with van der Waals surface area (Å²) in [5.74, 6) is 1.35. The molecule has 0 saturated heterocycles. The molecule has 0 bridgehead atoms. The van der Waals surface area contributed by atoms with Crippen molar-refractivity contribution in [1.29, 1.82) is 0 Å². The molecule has 0 aliphatic rings. The molecule has 0 amide bonds. The minimum Gasteiger partial charge on any atom is -0.493 e. The zero-order chi connectivity index (χ0) is 19.3. The van der Waals surface area contributed by atoms with Gasteiger partial charge in [0.2, 0.25) is 5.75 Å². The number of rotatable bonds is 7. The molecule has 0 radical (unpaired) electrons. The number of ether oxygens (including phenoxy) is 3. The van der Waals surface area contributed by atoms with Crippen molar-refractivity contribution in [2.45, 2.75) is 11.8 Å². The largest absolute Gasteiger partial charge is 0.493 e. The van der Waals surface area contributed by atoms with Gasteiger partial charge in [0.25, 0.3) is 10.0 Å². The van der Waals surface area contributed by atoms with E-state index in [0.717, 1.165) is 4.47 Å². The second-order valence-electron chi connectivity index (χ2n) is 5.16. The molecule has 2 aromatic carbocycles. The van der Waals surface area contributed by atoms with Gasteiger partial charge in [0.15, 0.2) is 11.5 Å². The van der Waals surface area contributed by atoms with Crippen LogP contribution in [0.25, 0.3) is 0 Å². The second kappa shape index (κ2) is 8.41. The second-order valence-corrected chi connectivity index (χ2v) is 7.74. The van der Waals surface area contributed by atoms with Crippen LogP contribution in [0.1, 0.15) is 12.5 Å². The fourth-order valence-corrected chi connectivity index (χ4v) is 3.27. The third-order valence-electron chi connectivity index (χ3n) is 3.54. The number of nitrogens with one attached hydrogen (secondary N) is 1. The summed E-state index contributed by atoms with van der Waals surface area (Å²) >= 11 is 3.27. The number of hydrogen-bond acceptors (Lipinski definition) is 6. The van der Waals surface area contributed by atoms with Gasteiger partial charge in [-0.15, -0.1) is 0 Å². The molecule has 0 saturated carbocycles. The zero-order valence-electron chi connectivity index (χ0n) is 14.7. The van der Waals surface area contributed by atoms with E-state index >= 15 is 0 Å². The molecule has 0 spiro atoms. The van der Waals surface area contributed by atoms with Crippen molar-refractivity contribution in [2.75, 3.05) is 21.3 Å². The van der Waals surface area contributed by atoms with Gasteiger partial charge in [-0.05, 0) is 43.3 Å². The minimum absolute atomic E-state index is 0.113. The lowest BCUT2D eigenvalue weighted by Gasteiger charge is -2.14. The molecule has 0 aromatic heterocycles. The lowest BCUT2D eigenvalue weighted by atomic mass is 10.1. The van der Waals surface area contributed by atoms with Crippen LogP contribution in [0, 0.1) is 0 Å². The first kappa shape index (κ1) is 20.1. The Hall–Kier alpha value is -2.26. The third kappa shape index (κ3) is 4.47. The normalized spacial score (nSPS) is 11.8. The summed E-state index contributed by atoms with van der Waals surface area (Å²) in [4.78, 5) is 2.34. The number of hydrazone groups is 1. The van der Waals surface area contributed by atoms with E-state index in [2.05, 4.69) is 25.9 Å². The Labute approximate surface area is 161 Å². The number of benzene rings is 2. The molecule has 2 aromatic rings. The number of nitrogens with zero attached hydrogens (tertiary/aromatic N) is 1. The summed E-state index contributed by atoms with van der Waals surface area (Å²) in [6, 6.07) is 9.63. The molecule has 26 heavy (non-hydrogen) atoms. The van der Waals surface area contributed by atoms with E-state index in [-0.39, 0.29) is 4.90 Å². The molecule has 9 heteroatoms. The molecule has 0 atom stereocenters. The maximum Gasteiger partial charge on any atom is 0.276 e. The van der Waals surface area contributed by atoms with Crippen molar-refractivity contribution in [3.05, 3.63) is 46.4 Å². The Balaban J connectivity index is 2.33. The minimum atomic E-state index is -3.77. The van der Waals surface area contributed by atoms with E-state index in [0.29, 0.717) is 28.5 Å². The highest BCUT2D eigenvalue weighted by Crippen LogP contribution is 2.38. The molecule has 0 aliphatic carbocycles. The van der Waals surface area contributed by atoms with E-state index in [1.165, 1.54) is 33.5 Å². The monoisotopic (exact) mass is 442 g/mol. The average Bonchev–Trinajstić information content (AvgIpc) is 2.65. The quantitative estimate of drug-likeness (QED) is 0.525. The first-order chi connectivity index (χ1) is 12.3. The summed E-state index contributed by atoms with van der Waals surface area (Å²) < 4.78 is 41.3. The van der Waals surface area contributed by atoms with Crippen molar-refractivity contribution in [3.8, 4) is 17.2 Å². The summed E-state index contributed by atoms with van der Waals surface area (Å²) in [6.45, 7) is 1.67. The van der Waals surface area contributed by atoms with Crippen molar-refractivity contribution in [3.63, 3.8) is 0 Å². The highest BCUT2D eigenvalue weighted by atomic mass is 79.9. The van der Waals surface area contributed by atoms with Crippen molar-refractivity contribution in [1.82, 2.24) is 4.83 Å². The van der Waals surface area contributed by atoms with E-state index in [1.807, 2.05) is 0 Å². The highest BCUT2D eigenvalue weighted by Gasteiger charge is 2.16. The van der Waals surface area contributed by atoms with Crippen molar-refractivity contribution < 1.29 is 22.6 Å². The van der Waals surface area contributed by atoms with E-state index in [4.69, 9.17) is 14.2 Å². The Morgan fingerprint density at radius 2 is 1.54 bits per heavy atom. The molecule has 0 aliphatic heterocycles. The van der Waals surface area contributed by atoms with Crippen LogP contribution in [0.4, 0.5) is 0 Å². The van der Waals surface area contributed by atoms with Gasteiger partial charge >= 0.3 is 0 Å². The summed E-state index contributed by atoms with van der Waals surface area (Å²) in [5, 5.41) is 3.99. The molecule has 2 rings (SSSR count). The van der Waals surface area contributed by atoms with E-state index < -0.39 is 10.0 Å². The van der Waals surface area contributed by atoms with Crippen LogP contribution in [-0.4, -0.2) is 35.5 Å². The van der Waals surface area contributed by atoms with Crippen LogP contribution in [0.3, 0.4) is 0 Å². The number of sulfonamides is 1. The van der Waals surface area contributed by atoms with Crippen LogP contribution < -0.4 is 19.0 Å². The molecule has 7 nitrogen and oxygen atoms in total. The van der Waals surface area contributed by atoms with Crippen molar-refractivity contribution >= 4 is 31.7 Å². The maximum absolute atomic E-state index is 12.3. The van der Waals surface area contributed by atoms with Gasteiger partial charge in [0.05, 0.1) is 31.9 Å². The van der Waals surface area contributed by atoms with Gasteiger partial charge in [-0.1, -0.05) is 15.9 Å². The maximum atomic E-state index is 12.3. The standard InChI is InChI=1S/C17H19BrN2O5S/c1-11(12-9-15(23-2)17(25-4)16(10-12)24-3)19-20-26(21,22)14-7-5-13(18)6-8-14/h5-10,20H,1-4H3/b19-11-. The summed E-state index contributed by atoms with van der Waals surface area (Å²) in [7, 11) is 0.745. The Kier molecular flexibility index (Phi) is 6.49. The zero-order valence-corrected chi connectivity index (χ0v) is 17.1. The highest BCUT2D eigenvalue weighted by molar-refractivity contribution is 9.10. The number of halogens is 1. The smallest absolute Gasteiger partial charge is 0.276 e. The topological polar surface area (TPSA) is 86.2 Å². The van der Waals surface area contributed by atoms with Gasteiger partial charge in [-0.25, -0.2) is 0 Å². The fourth-order valence-electron chi connectivity index (χ4n) is 2.15. The Morgan fingerprint density at radius 3 is 2.00 bits per heavy atom. The lowest BCUT2D eigenvalue weighted by molar-refractivity contribution is 0.324. The Bertz CT molecular complexity index is 886. The number of methoxy groups -OCH3 is 3. The molecule has 0 fully saturated rings. The van der Waals surface area contributed by atoms with E-state index in [1.54, 1.807) is 31.2 Å². The first-order valence-corrected chi connectivity index (χ1v) is 9.72. The van der Waals surface area contributed by atoms with Crippen LogP contribution in [0.15, 0.2) is 50.9 Å². The van der Waals surface area contributed by atoms with E-state index in [9.17, 15) is 8.42 Å². The number of hydrogen-bond donors (Lipinski definition) is 1. The van der Waals surface area contributed by atoms with Gasteiger partial charge < -0.3 is 14.2 Å².